The molecule has 0 aromatic heterocycles. The van der Waals surface area contributed by atoms with Crippen LogP contribution in [-0.4, -0.2) is 25.7 Å². The van der Waals surface area contributed by atoms with Crippen LogP contribution in [0.2, 0.25) is 0 Å². The van der Waals surface area contributed by atoms with Gasteiger partial charge in [-0.05, 0) is 24.3 Å². The van der Waals surface area contributed by atoms with E-state index in [2.05, 4.69) is 26.6 Å². The Balaban J connectivity index is 2.31. The summed E-state index contributed by atoms with van der Waals surface area (Å²) < 4.78 is -1.20. The molecular formula is C15H10BrCl3N4O5. The molecule has 148 valence electrons. The summed E-state index contributed by atoms with van der Waals surface area (Å²) in [5.74, 6) is -0.910. The standard InChI is InChI=1S/C15H10BrCl3N4O5/c16-9-1-3-10(4-2-9)20-14(15(17,18)19)21-13(24)8-5-11(22(25)26)7-12(6-8)23(27)28/h1-7,14,20H,(H,21,24). The lowest BCUT2D eigenvalue weighted by molar-refractivity contribution is -0.394. The smallest absolute Gasteiger partial charge is 0.277 e. The van der Waals surface area contributed by atoms with Crippen LogP contribution in [0.5, 0.6) is 0 Å². The average Bonchev–Trinajstić information content (AvgIpc) is 2.61. The number of nitro benzene ring substituents is 2. The number of alkyl halides is 3. The topological polar surface area (TPSA) is 127 Å². The van der Waals surface area contributed by atoms with E-state index in [9.17, 15) is 25.0 Å². The van der Waals surface area contributed by atoms with E-state index >= 15 is 0 Å². The van der Waals surface area contributed by atoms with E-state index in [-0.39, 0.29) is 5.56 Å². The third-order valence-electron chi connectivity index (χ3n) is 3.34. The van der Waals surface area contributed by atoms with Gasteiger partial charge in [-0.1, -0.05) is 50.7 Å². The number of carbonyl (C=O) groups excluding carboxylic acids is 1. The first-order valence-electron chi connectivity index (χ1n) is 7.31. The molecule has 13 heteroatoms. The first kappa shape index (κ1) is 22.2. The first-order valence-corrected chi connectivity index (χ1v) is 9.23. The summed E-state index contributed by atoms with van der Waals surface area (Å²) in [5.41, 5.74) is -1.07. The molecule has 9 nitrogen and oxygen atoms in total. The second kappa shape index (κ2) is 8.91. The van der Waals surface area contributed by atoms with Crippen LogP contribution in [0.25, 0.3) is 0 Å². The van der Waals surface area contributed by atoms with Gasteiger partial charge in [0.25, 0.3) is 17.3 Å². The van der Waals surface area contributed by atoms with Gasteiger partial charge >= 0.3 is 0 Å². The summed E-state index contributed by atoms with van der Waals surface area (Å²) in [7, 11) is 0. The fraction of sp³-hybridized carbons (Fsp3) is 0.133. The predicted molar refractivity (Wildman–Crippen MR) is 109 cm³/mol. The minimum absolute atomic E-state index is 0.335. The zero-order chi connectivity index (χ0) is 21.1. The van der Waals surface area contributed by atoms with E-state index < -0.39 is 37.1 Å². The van der Waals surface area contributed by atoms with Crippen molar-refractivity contribution >= 4 is 73.7 Å². The summed E-state index contributed by atoms with van der Waals surface area (Å²) >= 11 is 21.0. The van der Waals surface area contributed by atoms with Crippen LogP contribution >= 0.6 is 50.7 Å². The molecule has 1 atom stereocenters. The number of hydrogen-bond donors (Lipinski definition) is 2. The van der Waals surface area contributed by atoms with Crippen molar-refractivity contribution in [2.75, 3.05) is 5.32 Å². The molecule has 2 N–H and O–H groups in total. The summed E-state index contributed by atoms with van der Waals surface area (Å²) in [6, 6.07) is 9.24. The fourth-order valence-electron chi connectivity index (χ4n) is 2.06. The largest absolute Gasteiger partial charge is 0.362 e. The highest BCUT2D eigenvalue weighted by Crippen LogP contribution is 2.32. The fourth-order valence-corrected chi connectivity index (χ4v) is 2.66. The lowest BCUT2D eigenvalue weighted by Crippen LogP contribution is -2.49. The van der Waals surface area contributed by atoms with Crippen LogP contribution in [0.1, 0.15) is 10.4 Å². The summed E-state index contributed by atoms with van der Waals surface area (Å²) in [4.78, 5) is 32.8. The summed E-state index contributed by atoms with van der Waals surface area (Å²) in [5, 5.41) is 27.1. The Morgan fingerprint density at radius 1 is 1.00 bits per heavy atom. The minimum atomic E-state index is -2.00. The summed E-state index contributed by atoms with van der Waals surface area (Å²) in [6.45, 7) is 0. The molecule has 28 heavy (non-hydrogen) atoms. The third-order valence-corrected chi connectivity index (χ3v) is 4.53. The van der Waals surface area contributed by atoms with E-state index in [1.54, 1.807) is 24.3 Å². The van der Waals surface area contributed by atoms with Crippen molar-refractivity contribution in [3.8, 4) is 0 Å². The molecule has 0 aliphatic heterocycles. The van der Waals surface area contributed by atoms with Crippen molar-refractivity contribution in [3.05, 3.63) is 72.7 Å². The van der Waals surface area contributed by atoms with Crippen molar-refractivity contribution in [1.29, 1.82) is 0 Å². The molecule has 0 aliphatic carbocycles. The quantitative estimate of drug-likeness (QED) is 0.248. The second-order valence-electron chi connectivity index (χ2n) is 5.35. The highest BCUT2D eigenvalue weighted by atomic mass is 79.9. The molecule has 1 amide bonds. The van der Waals surface area contributed by atoms with Crippen LogP contribution in [0.15, 0.2) is 46.9 Å². The Bertz CT molecular complexity index is 889. The number of non-ortho nitro benzene ring substituents is 2. The lowest BCUT2D eigenvalue weighted by Gasteiger charge is -2.27. The number of carbonyl (C=O) groups is 1. The van der Waals surface area contributed by atoms with Crippen LogP contribution in [-0.2, 0) is 0 Å². The molecule has 0 saturated heterocycles. The van der Waals surface area contributed by atoms with Crippen LogP contribution in [0, 0.1) is 20.2 Å². The van der Waals surface area contributed by atoms with E-state index in [0.717, 1.165) is 22.7 Å². The zero-order valence-electron chi connectivity index (χ0n) is 13.6. The van der Waals surface area contributed by atoms with Crippen molar-refractivity contribution in [3.63, 3.8) is 0 Å². The van der Waals surface area contributed by atoms with Gasteiger partial charge < -0.3 is 10.6 Å². The number of nitrogens with zero attached hydrogens (tertiary/aromatic N) is 2. The Hall–Kier alpha value is -2.14. The number of hydrogen-bond acceptors (Lipinski definition) is 6. The number of rotatable bonds is 6. The third kappa shape index (κ3) is 5.93. The van der Waals surface area contributed by atoms with Gasteiger partial charge in [0.1, 0.15) is 6.17 Å². The van der Waals surface area contributed by atoms with Gasteiger partial charge in [-0.2, -0.15) is 0 Å². The van der Waals surface area contributed by atoms with Crippen molar-refractivity contribution in [1.82, 2.24) is 5.32 Å². The summed E-state index contributed by atoms with van der Waals surface area (Å²) in [6.07, 6.45) is -1.25. The van der Waals surface area contributed by atoms with Gasteiger partial charge in [0, 0.05) is 22.3 Å². The van der Waals surface area contributed by atoms with Crippen molar-refractivity contribution in [2.45, 2.75) is 9.96 Å². The Kier molecular flexibility index (Phi) is 7.05. The number of amides is 1. The number of nitro groups is 2. The molecule has 0 radical (unpaired) electrons. The molecule has 0 saturated carbocycles. The molecule has 0 fully saturated rings. The van der Waals surface area contributed by atoms with Crippen molar-refractivity contribution < 1.29 is 14.6 Å². The minimum Gasteiger partial charge on any atom is -0.362 e. The molecule has 1 unspecified atom stereocenters. The van der Waals surface area contributed by atoms with Crippen LogP contribution in [0.3, 0.4) is 0 Å². The molecule has 0 bridgehead atoms. The number of anilines is 1. The van der Waals surface area contributed by atoms with Gasteiger partial charge in [0.2, 0.25) is 3.79 Å². The van der Waals surface area contributed by atoms with Crippen LogP contribution in [0.4, 0.5) is 17.1 Å². The van der Waals surface area contributed by atoms with Crippen LogP contribution < -0.4 is 10.6 Å². The van der Waals surface area contributed by atoms with Gasteiger partial charge in [-0.25, -0.2) is 0 Å². The predicted octanol–water partition coefficient (Wildman–Crippen LogP) is 4.80. The maximum atomic E-state index is 12.5. The zero-order valence-corrected chi connectivity index (χ0v) is 17.4. The maximum absolute atomic E-state index is 12.5. The van der Waals surface area contributed by atoms with Gasteiger partial charge in [-0.15, -0.1) is 0 Å². The van der Waals surface area contributed by atoms with E-state index in [1.807, 2.05) is 0 Å². The Labute approximate surface area is 181 Å². The number of nitrogens with one attached hydrogen (secondary N) is 2. The van der Waals surface area contributed by atoms with Gasteiger partial charge in [0.15, 0.2) is 0 Å². The SMILES string of the molecule is O=C(NC(Nc1ccc(Br)cc1)C(Cl)(Cl)Cl)c1cc([N+](=O)[O-])cc([N+](=O)[O-])c1. The average molecular weight is 513 g/mol. The van der Waals surface area contributed by atoms with Gasteiger partial charge in [-0.3, -0.25) is 25.0 Å². The number of halogens is 4. The maximum Gasteiger partial charge on any atom is 0.277 e. The van der Waals surface area contributed by atoms with Crippen molar-refractivity contribution in [2.24, 2.45) is 0 Å². The Morgan fingerprint density at radius 3 is 1.93 bits per heavy atom. The molecule has 0 heterocycles. The molecule has 2 aromatic carbocycles. The van der Waals surface area contributed by atoms with Gasteiger partial charge in [0.05, 0.1) is 21.5 Å². The molecule has 2 aromatic rings. The normalized spacial score (nSPS) is 12.1. The number of benzene rings is 2. The van der Waals surface area contributed by atoms with E-state index in [4.69, 9.17) is 34.8 Å². The monoisotopic (exact) mass is 510 g/mol. The second-order valence-corrected chi connectivity index (χ2v) is 8.64. The molecular weight excluding hydrogens is 502 g/mol. The highest BCUT2D eigenvalue weighted by Gasteiger charge is 2.35. The lowest BCUT2D eigenvalue weighted by atomic mass is 10.1. The van der Waals surface area contributed by atoms with E-state index in [0.29, 0.717) is 5.69 Å². The highest BCUT2D eigenvalue weighted by molar-refractivity contribution is 9.10. The first-order chi connectivity index (χ1) is 13.0. The molecule has 0 aliphatic rings. The van der Waals surface area contributed by atoms with E-state index in [1.165, 1.54) is 0 Å². The molecule has 0 spiro atoms. The molecule has 2 rings (SSSR count). The Morgan fingerprint density at radius 2 is 1.50 bits per heavy atom.